The summed E-state index contributed by atoms with van der Waals surface area (Å²) in [6.45, 7) is 1.61. The summed E-state index contributed by atoms with van der Waals surface area (Å²) in [5.41, 5.74) is 0.113. The summed E-state index contributed by atoms with van der Waals surface area (Å²) in [5, 5.41) is 14.4. The van der Waals surface area contributed by atoms with Crippen molar-refractivity contribution in [1.29, 1.82) is 0 Å². The number of carbonyl (C=O) groups excluding carboxylic acids is 1. The first-order chi connectivity index (χ1) is 12.2. The third-order valence-corrected chi connectivity index (χ3v) is 3.24. The Labute approximate surface area is 146 Å². The number of benzene rings is 2. The van der Waals surface area contributed by atoms with Gasteiger partial charge < -0.3 is 20.5 Å². The fourth-order valence-electron chi connectivity index (χ4n) is 2.09. The highest BCUT2D eigenvalue weighted by atomic mass is 19.4. The van der Waals surface area contributed by atoms with Gasteiger partial charge in [0.2, 0.25) is 5.91 Å². The van der Waals surface area contributed by atoms with Gasteiger partial charge in [-0.3, -0.25) is 4.79 Å². The van der Waals surface area contributed by atoms with Gasteiger partial charge in [0, 0.05) is 12.1 Å². The van der Waals surface area contributed by atoms with Crippen LogP contribution in [0.5, 0.6) is 5.75 Å². The molecule has 0 saturated carbocycles. The largest absolute Gasteiger partial charge is 0.573 e. The Morgan fingerprint density at radius 1 is 1.12 bits per heavy atom. The number of carbonyl (C=O) groups is 2. The molecule has 0 spiro atoms. The fraction of sp³-hybridized carbons (Fsp3) is 0.176. The van der Waals surface area contributed by atoms with Gasteiger partial charge in [-0.2, -0.15) is 0 Å². The molecule has 0 aliphatic rings. The van der Waals surface area contributed by atoms with Gasteiger partial charge in [0.05, 0.1) is 16.9 Å². The maximum Gasteiger partial charge on any atom is 0.573 e. The predicted octanol–water partition coefficient (Wildman–Crippen LogP) is 4.38. The van der Waals surface area contributed by atoms with Crippen LogP contribution in [0.15, 0.2) is 42.5 Å². The van der Waals surface area contributed by atoms with Crippen molar-refractivity contribution < 1.29 is 32.6 Å². The number of aromatic carboxylic acids is 1. The second-order valence-electron chi connectivity index (χ2n) is 5.14. The topological polar surface area (TPSA) is 87.7 Å². The van der Waals surface area contributed by atoms with Gasteiger partial charge in [0.25, 0.3) is 0 Å². The molecule has 9 heteroatoms. The molecule has 3 N–H and O–H groups in total. The van der Waals surface area contributed by atoms with Crippen molar-refractivity contribution in [2.24, 2.45) is 0 Å². The average Bonchev–Trinajstić information content (AvgIpc) is 2.56. The number of halogens is 3. The van der Waals surface area contributed by atoms with Crippen molar-refractivity contribution in [3.8, 4) is 5.75 Å². The minimum Gasteiger partial charge on any atom is -0.478 e. The zero-order valence-electron chi connectivity index (χ0n) is 13.6. The Morgan fingerprint density at radius 3 is 2.42 bits per heavy atom. The highest BCUT2D eigenvalue weighted by molar-refractivity contribution is 6.01. The van der Waals surface area contributed by atoms with E-state index in [0.29, 0.717) is 0 Å². The number of nitrogens with one attached hydrogen (secondary N) is 2. The monoisotopic (exact) mass is 368 g/mol. The highest BCUT2D eigenvalue weighted by Gasteiger charge is 2.32. The maximum absolute atomic E-state index is 12.5. The van der Waals surface area contributed by atoms with E-state index in [4.69, 9.17) is 0 Å². The van der Waals surface area contributed by atoms with E-state index in [-0.39, 0.29) is 35.0 Å². The number of carboxylic acid groups (broad SMARTS) is 1. The minimum absolute atomic E-state index is 0.00603. The molecule has 0 unspecified atom stereocenters. The lowest BCUT2D eigenvalue weighted by Crippen LogP contribution is -2.18. The first-order valence-corrected chi connectivity index (χ1v) is 7.48. The number of ether oxygens (including phenoxy) is 1. The van der Waals surface area contributed by atoms with Gasteiger partial charge >= 0.3 is 12.3 Å². The van der Waals surface area contributed by atoms with E-state index in [1.165, 1.54) is 36.4 Å². The quantitative estimate of drug-likeness (QED) is 0.704. The number of carboxylic acids is 1. The second kappa shape index (κ2) is 7.77. The SMILES string of the molecule is CCC(=O)Nc1ccc(Nc2ccccc2OC(F)(F)F)cc1C(=O)O. The Morgan fingerprint density at radius 2 is 1.81 bits per heavy atom. The van der Waals surface area contributed by atoms with Crippen molar-refractivity contribution in [3.05, 3.63) is 48.0 Å². The van der Waals surface area contributed by atoms with E-state index in [2.05, 4.69) is 15.4 Å². The Balaban J connectivity index is 2.32. The summed E-state index contributed by atoms with van der Waals surface area (Å²) < 4.78 is 41.3. The summed E-state index contributed by atoms with van der Waals surface area (Å²) in [6.07, 6.45) is -4.69. The molecule has 2 rings (SSSR count). The number of hydrogen-bond acceptors (Lipinski definition) is 4. The smallest absolute Gasteiger partial charge is 0.478 e. The number of alkyl halides is 3. The zero-order valence-corrected chi connectivity index (χ0v) is 13.6. The van der Waals surface area contributed by atoms with Crippen LogP contribution >= 0.6 is 0 Å². The number of anilines is 3. The highest BCUT2D eigenvalue weighted by Crippen LogP contribution is 2.33. The second-order valence-corrected chi connectivity index (χ2v) is 5.14. The lowest BCUT2D eigenvalue weighted by molar-refractivity contribution is -0.274. The van der Waals surface area contributed by atoms with Gasteiger partial charge in [0.15, 0.2) is 5.75 Å². The van der Waals surface area contributed by atoms with E-state index in [9.17, 15) is 27.9 Å². The lowest BCUT2D eigenvalue weighted by atomic mass is 10.1. The van der Waals surface area contributed by atoms with Crippen LogP contribution in [0, 0.1) is 0 Å². The van der Waals surface area contributed by atoms with Crippen LogP contribution in [0.1, 0.15) is 23.7 Å². The van der Waals surface area contributed by atoms with E-state index in [1.54, 1.807) is 6.92 Å². The van der Waals surface area contributed by atoms with Crippen LogP contribution in [0.4, 0.5) is 30.2 Å². The number of hydrogen-bond donors (Lipinski definition) is 3. The van der Waals surface area contributed by atoms with Crippen LogP contribution in [0.2, 0.25) is 0 Å². The molecule has 0 saturated heterocycles. The summed E-state index contributed by atoms with van der Waals surface area (Å²) >= 11 is 0. The van der Waals surface area contributed by atoms with E-state index >= 15 is 0 Å². The summed E-state index contributed by atoms with van der Waals surface area (Å²) in [6, 6.07) is 9.35. The minimum atomic E-state index is -4.86. The Kier molecular flexibility index (Phi) is 5.71. The lowest BCUT2D eigenvalue weighted by Gasteiger charge is -2.15. The van der Waals surface area contributed by atoms with Gasteiger partial charge in [-0.15, -0.1) is 13.2 Å². The third kappa shape index (κ3) is 5.13. The van der Waals surface area contributed by atoms with Crippen molar-refractivity contribution >= 4 is 28.9 Å². The van der Waals surface area contributed by atoms with Crippen LogP contribution in [-0.2, 0) is 4.79 Å². The molecule has 0 aliphatic heterocycles. The molecule has 0 aliphatic carbocycles. The fourth-order valence-corrected chi connectivity index (χ4v) is 2.09. The standard InChI is InChI=1S/C17H15F3N2O4/c1-2-15(23)22-12-8-7-10(9-11(12)16(24)25)21-13-5-3-4-6-14(13)26-17(18,19)20/h3-9,21H,2H2,1H3,(H,22,23)(H,24,25). The molecule has 6 nitrogen and oxygen atoms in total. The molecule has 138 valence electrons. The first kappa shape index (κ1) is 19.1. The molecule has 0 radical (unpaired) electrons. The molecule has 0 fully saturated rings. The van der Waals surface area contributed by atoms with E-state index in [1.807, 2.05) is 0 Å². The van der Waals surface area contributed by atoms with Crippen LogP contribution < -0.4 is 15.4 Å². The van der Waals surface area contributed by atoms with Gasteiger partial charge in [-0.05, 0) is 30.3 Å². The third-order valence-electron chi connectivity index (χ3n) is 3.24. The normalized spacial score (nSPS) is 10.9. The molecular formula is C17H15F3N2O4. The van der Waals surface area contributed by atoms with Crippen LogP contribution in [0.3, 0.4) is 0 Å². The Hall–Kier alpha value is -3.23. The molecule has 0 atom stereocenters. The number of rotatable bonds is 6. The molecule has 0 heterocycles. The van der Waals surface area contributed by atoms with Crippen LogP contribution in [0.25, 0.3) is 0 Å². The van der Waals surface area contributed by atoms with Crippen molar-refractivity contribution in [2.75, 3.05) is 10.6 Å². The number of para-hydroxylation sites is 2. The van der Waals surface area contributed by atoms with E-state index in [0.717, 1.165) is 6.07 Å². The molecule has 1 amide bonds. The first-order valence-electron chi connectivity index (χ1n) is 7.48. The molecule has 0 bridgehead atoms. The zero-order chi connectivity index (χ0) is 19.3. The average molecular weight is 368 g/mol. The van der Waals surface area contributed by atoms with Gasteiger partial charge in [-0.1, -0.05) is 19.1 Å². The Bertz CT molecular complexity index is 822. The van der Waals surface area contributed by atoms with Gasteiger partial charge in [0.1, 0.15) is 0 Å². The summed E-state index contributed by atoms with van der Waals surface area (Å²) in [4.78, 5) is 22.9. The molecule has 2 aromatic rings. The van der Waals surface area contributed by atoms with Crippen molar-refractivity contribution in [1.82, 2.24) is 0 Å². The molecule has 26 heavy (non-hydrogen) atoms. The predicted molar refractivity (Wildman–Crippen MR) is 88.7 cm³/mol. The van der Waals surface area contributed by atoms with E-state index < -0.39 is 18.1 Å². The maximum atomic E-state index is 12.5. The van der Waals surface area contributed by atoms with Crippen molar-refractivity contribution in [2.45, 2.75) is 19.7 Å². The number of amides is 1. The molecule has 0 aromatic heterocycles. The molecule has 2 aromatic carbocycles. The van der Waals surface area contributed by atoms with Crippen LogP contribution in [-0.4, -0.2) is 23.3 Å². The van der Waals surface area contributed by atoms with Gasteiger partial charge in [-0.25, -0.2) is 4.79 Å². The molecular weight excluding hydrogens is 353 g/mol. The summed E-state index contributed by atoms with van der Waals surface area (Å²) in [7, 11) is 0. The van der Waals surface area contributed by atoms with Crippen molar-refractivity contribution in [3.63, 3.8) is 0 Å². The summed E-state index contributed by atoms with van der Waals surface area (Å²) in [5.74, 6) is -2.11.